The van der Waals surface area contributed by atoms with Crippen LogP contribution in [0.4, 0.5) is 4.79 Å². The average molecular weight is 302 g/mol. The van der Waals surface area contributed by atoms with E-state index in [4.69, 9.17) is 4.74 Å². The van der Waals surface area contributed by atoms with Gasteiger partial charge in [0.2, 0.25) is 0 Å². The maximum absolute atomic E-state index is 12.3. The minimum absolute atomic E-state index is 0.0403. The number of ether oxygens (including phenoxy) is 1. The Kier molecular flexibility index (Phi) is 3.79. The van der Waals surface area contributed by atoms with Crippen LogP contribution in [0.2, 0.25) is 0 Å². The molecule has 0 atom stereocenters. The molecule has 2 heterocycles. The van der Waals surface area contributed by atoms with Crippen molar-refractivity contribution in [1.82, 2.24) is 10.2 Å². The molecule has 0 aromatic heterocycles. The zero-order valence-corrected chi connectivity index (χ0v) is 13.8. The van der Waals surface area contributed by atoms with Crippen LogP contribution in [-0.2, 0) is 6.42 Å². The Bertz CT molecular complexity index is 554. The number of nitrogens with zero attached hydrogens (tertiary/aromatic N) is 1. The van der Waals surface area contributed by atoms with Crippen molar-refractivity contribution < 1.29 is 9.53 Å². The second kappa shape index (κ2) is 5.49. The number of fused-ring (bicyclic) bond motifs is 1. The van der Waals surface area contributed by atoms with E-state index in [0.29, 0.717) is 0 Å². The molecule has 4 heteroatoms. The number of amides is 2. The second-order valence-corrected chi connectivity index (χ2v) is 7.56. The number of carbonyl (C=O) groups excluding carboxylic acids is 1. The van der Waals surface area contributed by atoms with Crippen LogP contribution >= 0.6 is 0 Å². The molecule has 3 rings (SSSR count). The van der Waals surface area contributed by atoms with Crippen molar-refractivity contribution in [3.05, 3.63) is 29.8 Å². The van der Waals surface area contributed by atoms with E-state index in [1.807, 2.05) is 31.7 Å². The highest BCUT2D eigenvalue weighted by atomic mass is 16.5. The van der Waals surface area contributed by atoms with Gasteiger partial charge in [0.25, 0.3) is 0 Å². The lowest BCUT2D eigenvalue weighted by Gasteiger charge is -2.45. The van der Waals surface area contributed by atoms with E-state index in [1.165, 1.54) is 5.56 Å². The molecular weight excluding hydrogens is 276 g/mol. The summed E-state index contributed by atoms with van der Waals surface area (Å²) in [5.41, 5.74) is 1.04. The molecule has 2 aliphatic rings. The molecule has 4 nitrogen and oxygen atoms in total. The highest BCUT2D eigenvalue weighted by Gasteiger charge is 2.40. The van der Waals surface area contributed by atoms with Crippen molar-refractivity contribution in [3.63, 3.8) is 0 Å². The van der Waals surface area contributed by atoms with Gasteiger partial charge < -0.3 is 15.0 Å². The van der Waals surface area contributed by atoms with E-state index in [-0.39, 0.29) is 17.2 Å². The molecule has 120 valence electrons. The van der Waals surface area contributed by atoms with Gasteiger partial charge in [-0.3, -0.25) is 0 Å². The minimum atomic E-state index is -0.188. The predicted octanol–water partition coefficient (Wildman–Crippen LogP) is 3.35. The van der Waals surface area contributed by atoms with E-state index in [2.05, 4.69) is 23.5 Å². The third kappa shape index (κ3) is 3.21. The third-order valence-electron chi connectivity index (χ3n) is 4.59. The molecule has 0 bridgehead atoms. The monoisotopic (exact) mass is 302 g/mol. The summed E-state index contributed by atoms with van der Waals surface area (Å²) >= 11 is 0. The van der Waals surface area contributed by atoms with Crippen LogP contribution < -0.4 is 10.1 Å². The average Bonchev–Trinajstić information content (AvgIpc) is 2.46. The molecule has 22 heavy (non-hydrogen) atoms. The number of hydrogen-bond donors (Lipinski definition) is 1. The first kappa shape index (κ1) is 15.2. The van der Waals surface area contributed by atoms with Crippen LogP contribution in [0.5, 0.6) is 5.75 Å². The lowest BCUT2D eigenvalue weighted by molar-refractivity contribution is -0.00593. The molecule has 1 aromatic carbocycles. The first-order valence-electron chi connectivity index (χ1n) is 8.21. The summed E-state index contributed by atoms with van der Waals surface area (Å²) in [6.45, 7) is 7.57. The largest absolute Gasteiger partial charge is 0.487 e. The summed E-state index contributed by atoms with van der Waals surface area (Å²) in [5.74, 6) is 1.03. The number of nitrogens with one attached hydrogen (secondary N) is 1. The molecule has 0 unspecified atom stereocenters. The topological polar surface area (TPSA) is 41.6 Å². The van der Waals surface area contributed by atoms with Crippen LogP contribution in [0.15, 0.2) is 24.3 Å². The Morgan fingerprint density at radius 1 is 1.18 bits per heavy atom. The van der Waals surface area contributed by atoms with Gasteiger partial charge in [-0.2, -0.15) is 0 Å². The number of benzene rings is 1. The van der Waals surface area contributed by atoms with Gasteiger partial charge in [0.05, 0.1) is 0 Å². The summed E-state index contributed by atoms with van der Waals surface area (Å²) in [7, 11) is 0. The van der Waals surface area contributed by atoms with E-state index < -0.39 is 0 Å². The number of hydrogen-bond acceptors (Lipinski definition) is 2. The second-order valence-electron chi connectivity index (χ2n) is 7.56. The van der Waals surface area contributed by atoms with Gasteiger partial charge in [-0.25, -0.2) is 4.79 Å². The first-order valence-corrected chi connectivity index (χ1v) is 8.21. The van der Waals surface area contributed by atoms with Gasteiger partial charge in [0, 0.05) is 31.5 Å². The number of rotatable bonds is 0. The number of piperidine rings is 1. The summed E-state index contributed by atoms with van der Waals surface area (Å²) in [6.07, 6.45) is 3.96. The van der Waals surface area contributed by atoms with Gasteiger partial charge in [-0.05, 0) is 45.2 Å². The lowest BCUT2D eigenvalue weighted by Crippen LogP contribution is -2.55. The molecule has 0 radical (unpaired) electrons. The Morgan fingerprint density at radius 2 is 1.86 bits per heavy atom. The van der Waals surface area contributed by atoms with Crippen molar-refractivity contribution in [1.29, 1.82) is 0 Å². The predicted molar refractivity (Wildman–Crippen MR) is 87.2 cm³/mol. The fourth-order valence-corrected chi connectivity index (χ4v) is 3.33. The Balaban J connectivity index is 1.62. The van der Waals surface area contributed by atoms with Crippen molar-refractivity contribution in [3.8, 4) is 5.75 Å². The molecule has 1 fully saturated rings. The van der Waals surface area contributed by atoms with Crippen LogP contribution in [0.25, 0.3) is 0 Å². The van der Waals surface area contributed by atoms with Crippen LogP contribution in [0, 0.1) is 0 Å². The molecule has 1 saturated heterocycles. The Labute approximate surface area is 132 Å². The number of aryl methyl sites for hydroxylation is 1. The maximum atomic E-state index is 12.3. The van der Waals surface area contributed by atoms with Crippen LogP contribution in [0.3, 0.4) is 0 Å². The third-order valence-corrected chi connectivity index (χ3v) is 4.59. The standard InChI is InChI=1S/C18H26N2O2/c1-17(2,3)19-16(21)20-12-10-18(11-13-20)9-8-14-6-4-5-7-15(14)22-18/h4-7H,8-13H2,1-3H3,(H,19,21). The van der Waals surface area contributed by atoms with Crippen molar-refractivity contribution >= 4 is 6.03 Å². The highest BCUT2D eigenvalue weighted by molar-refractivity contribution is 5.75. The molecular formula is C18H26N2O2. The summed E-state index contributed by atoms with van der Waals surface area (Å²) < 4.78 is 6.33. The molecule has 0 saturated carbocycles. The number of likely N-dealkylation sites (tertiary alicyclic amines) is 1. The van der Waals surface area contributed by atoms with E-state index >= 15 is 0 Å². The lowest BCUT2D eigenvalue weighted by atomic mass is 9.83. The van der Waals surface area contributed by atoms with Crippen LogP contribution in [-0.4, -0.2) is 35.2 Å². The van der Waals surface area contributed by atoms with Gasteiger partial charge >= 0.3 is 6.03 Å². The molecule has 1 spiro atoms. The van der Waals surface area contributed by atoms with Crippen molar-refractivity contribution in [2.24, 2.45) is 0 Å². The van der Waals surface area contributed by atoms with E-state index in [9.17, 15) is 4.79 Å². The molecule has 1 N–H and O–H groups in total. The molecule has 0 aliphatic carbocycles. The summed E-state index contributed by atoms with van der Waals surface area (Å²) in [5, 5.41) is 3.04. The van der Waals surface area contributed by atoms with Gasteiger partial charge in [-0.15, -0.1) is 0 Å². The molecule has 2 amide bonds. The smallest absolute Gasteiger partial charge is 0.317 e. The van der Waals surface area contributed by atoms with Crippen molar-refractivity contribution in [2.45, 2.75) is 57.6 Å². The highest BCUT2D eigenvalue weighted by Crippen LogP contribution is 2.39. The first-order chi connectivity index (χ1) is 10.4. The number of para-hydroxylation sites is 1. The zero-order chi connectivity index (χ0) is 15.8. The van der Waals surface area contributed by atoms with Crippen LogP contribution in [0.1, 0.15) is 45.6 Å². The van der Waals surface area contributed by atoms with Crippen molar-refractivity contribution in [2.75, 3.05) is 13.1 Å². The molecule has 1 aromatic rings. The fourth-order valence-electron chi connectivity index (χ4n) is 3.33. The fraction of sp³-hybridized carbons (Fsp3) is 0.611. The Hall–Kier alpha value is -1.71. The number of urea groups is 1. The molecule has 2 aliphatic heterocycles. The van der Waals surface area contributed by atoms with Gasteiger partial charge in [0.15, 0.2) is 0 Å². The van der Waals surface area contributed by atoms with E-state index in [1.54, 1.807) is 0 Å². The van der Waals surface area contributed by atoms with Gasteiger partial charge in [0.1, 0.15) is 11.4 Å². The SMILES string of the molecule is CC(C)(C)NC(=O)N1CCC2(CCc3ccccc3O2)CC1. The minimum Gasteiger partial charge on any atom is -0.487 e. The van der Waals surface area contributed by atoms with Gasteiger partial charge in [-0.1, -0.05) is 18.2 Å². The Morgan fingerprint density at radius 3 is 2.55 bits per heavy atom. The summed E-state index contributed by atoms with van der Waals surface area (Å²) in [4.78, 5) is 14.2. The number of carbonyl (C=O) groups is 1. The quantitative estimate of drug-likeness (QED) is 0.798. The summed E-state index contributed by atoms with van der Waals surface area (Å²) in [6, 6.07) is 8.35. The van der Waals surface area contributed by atoms with E-state index in [0.717, 1.165) is 44.5 Å². The zero-order valence-electron chi connectivity index (χ0n) is 13.8. The maximum Gasteiger partial charge on any atom is 0.317 e. The normalized spacial score (nSPS) is 20.2.